The van der Waals surface area contributed by atoms with E-state index >= 15 is 0 Å². The number of benzene rings is 2. The van der Waals surface area contributed by atoms with Crippen LogP contribution < -0.4 is 0 Å². The van der Waals surface area contributed by atoms with Gasteiger partial charge in [0.25, 0.3) is 11.8 Å². The number of hydrogen-bond acceptors (Lipinski definition) is 5. The average Bonchev–Trinajstić information content (AvgIpc) is 2.91. The summed E-state index contributed by atoms with van der Waals surface area (Å²) >= 11 is 0. The van der Waals surface area contributed by atoms with Crippen LogP contribution in [0.3, 0.4) is 0 Å². The van der Waals surface area contributed by atoms with Gasteiger partial charge < -0.3 is 4.18 Å². The molecule has 0 aromatic heterocycles. The molecule has 0 aliphatic carbocycles. The highest BCUT2D eigenvalue weighted by atomic mass is 32.2. The van der Waals surface area contributed by atoms with Gasteiger partial charge in [-0.3, -0.25) is 14.5 Å². The Morgan fingerprint density at radius 3 is 1.90 bits per heavy atom. The van der Waals surface area contributed by atoms with Crippen molar-refractivity contribution in [2.75, 3.05) is 6.54 Å². The molecule has 2 amide bonds. The maximum atomic E-state index is 12.9. The summed E-state index contributed by atoms with van der Waals surface area (Å²) in [7, 11) is -6.00. The number of carbonyl (C=O) groups excluding carboxylic acids is 2. The molecule has 1 aliphatic rings. The minimum Gasteiger partial charge on any atom is -0.378 e. The molecule has 1 heterocycles. The van der Waals surface area contributed by atoms with Crippen molar-refractivity contribution >= 4 is 27.5 Å². The Morgan fingerprint density at radius 1 is 0.931 bits per heavy atom. The van der Waals surface area contributed by atoms with Crippen molar-refractivity contribution in [2.24, 2.45) is 0 Å². The average molecular weight is 425 g/mol. The van der Waals surface area contributed by atoms with Crippen molar-refractivity contribution in [2.45, 2.75) is 12.4 Å². The molecular weight excluding hydrogens is 411 g/mol. The summed E-state index contributed by atoms with van der Waals surface area (Å²) in [5, 5.41) is 0. The molecule has 1 aliphatic heterocycles. The molecule has 0 atom stereocenters. The number of halogens is 3. The first-order valence-corrected chi connectivity index (χ1v) is 9.65. The Hall–Kier alpha value is -3.14. The van der Waals surface area contributed by atoms with E-state index in [0.717, 1.165) is 0 Å². The van der Waals surface area contributed by atoms with E-state index in [9.17, 15) is 31.2 Å². The number of allylic oxidation sites excluding steroid dienone is 1. The second-order valence-electron chi connectivity index (χ2n) is 6.14. The van der Waals surface area contributed by atoms with Gasteiger partial charge in [-0.25, -0.2) is 0 Å². The van der Waals surface area contributed by atoms with Crippen LogP contribution in [0.15, 0.2) is 60.4 Å². The molecule has 0 bridgehead atoms. The lowest BCUT2D eigenvalue weighted by Gasteiger charge is -2.20. The predicted octanol–water partition coefficient (Wildman–Crippen LogP) is 3.58. The van der Waals surface area contributed by atoms with E-state index in [1.54, 1.807) is 18.2 Å². The molecule has 6 nitrogen and oxygen atoms in total. The van der Waals surface area contributed by atoms with Gasteiger partial charge in [0.2, 0.25) is 0 Å². The van der Waals surface area contributed by atoms with Crippen LogP contribution in [0.1, 0.15) is 33.2 Å². The molecular formula is C19H14F3NO5S. The van der Waals surface area contributed by atoms with Crippen molar-refractivity contribution < 1.29 is 35.4 Å². The molecule has 0 unspecified atom stereocenters. The van der Waals surface area contributed by atoms with E-state index in [1.165, 1.54) is 43.3 Å². The predicted molar refractivity (Wildman–Crippen MR) is 96.9 cm³/mol. The molecule has 0 N–H and O–H groups in total. The standard InChI is InChI=1S/C19H14F3NO5S/c1-12(13-7-3-2-4-8-13)16(28-29(26,27)19(20,21)22)11-23-17(24)14-9-5-6-10-15(14)18(23)25/h2-10H,11H2,1H3/b16-12-. The maximum absolute atomic E-state index is 12.9. The lowest BCUT2D eigenvalue weighted by Crippen LogP contribution is -2.34. The van der Waals surface area contributed by atoms with Crippen LogP contribution in [0.25, 0.3) is 5.57 Å². The molecule has 10 heteroatoms. The molecule has 0 spiro atoms. The lowest BCUT2D eigenvalue weighted by atomic mass is 10.1. The zero-order valence-corrected chi connectivity index (χ0v) is 15.8. The summed E-state index contributed by atoms with van der Waals surface area (Å²) in [6, 6.07) is 13.8. The SMILES string of the molecule is C/C(=C(\CN1C(=O)c2ccccc2C1=O)OS(=O)(=O)C(F)(F)F)c1ccccc1. The van der Waals surface area contributed by atoms with Crippen molar-refractivity contribution in [3.8, 4) is 0 Å². The zero-order valence-electron chi connectivity index (χ0n) is 14.9. The third-order valence-electron chi connectivity index (χ3n) is 4.30. The molecule has 29 heavy (non-hydrogen) atoms. The summed E-state index contributed by atoms with van der Waals surface area (Å²) in [6.45, 7) is 0.567. The summed E-state index contributed by atoms with van der Waals surface area (Å²) in [6.07, 6.45) is 0. The number of amides is 2. The molecule has 0 radical (unpaired) electrons. The van der Waals surface area contributed by atoms with Crippen LogP contribution in [0, 0.1) is 0 Å². The van der Waals surface area contributed by atoms with Crippen LogP contribution in [0.5, 0.6) is 0 Å². The second-order valence-corrected chi connectivity index (χ2v) is 7.68. The molecule has 152 valence electrons. The molecule has 2 aromatic carbocycles. The number of carbonyl (C=O) groups is 2. The Balaban J connectivity index is 2.04. The molecule has 0 fully saturated rings. The number of hydrogen-bond donors (Lipinski definition) is 0. The monoisotopic (exact) mass is 425 g/mol. The number of rotatable bonds is 5. The third kappa shape index (κ3) is 3.88. The van der Waals surface area contributed by atoms with Crippen LogP contribution >= 0.6 is 0 Å². The minimum absolute atomic E-state index is 0.0370. The Labute approximate surface area is 164 Å². The van der Waals surface area contributed by atoms with E-state index < -0.39 is 39.7 Å². The van der Waals surface area contributed by atoms with E-state index in [1.807, 2.05) is 0 Å². The van der Waals surface area contributed by atoms with Crippen molar-refractivity contribution in [1.82, 2.24) is 4.90 Å². The third-order valence-corrected chi connectivity index (χ3v) is 5.29. The normalized spacial score (nSPS) is 15.2. The van der Waals surface area contributed by atoms with Gasteiger partial charge in [0.15, 0.2) is 0 Å². The van der Waals surface area contributed by atoms with Gasteiger partial charge in [0.05, 0.1) is 17.7 Å². The van der Waals surface area contributed by atoms with E-state index in [2.05, 4.69) is 4.18 Å². The van der Waals surface area contributed by atoms with Gasteiger partial charge in [-0.1, -0.05) is 42.5 Å². The Kier molecular flexibility index (Phi) is 5.22. The van der Waals surface area contributed by atoms with E-state index in [0.29, 0.717) is 10.5 Å². The fraction of sp³-hybridized carbons (Fsp3) is 0.158. The molecule has 2 aromatic rings. The van der Waals surface area contributed by atoms with Crippen LogP contribution in [-0.2, 0) is 14.3 Å². The summed E-state index contributed by atoms with van der Waals surface area (Å²) in [5.74, 6) is -2.18. The fourth-order valence-electron chi connectivity index (χ4n) is 2.76. The van der Waals surface area contributed by atoms with Gasteiger partial charge in [-0.15, -0.1) is 0 Å². The number of imide groups is 1. The number of nitrogens with zero attached hydrogens (tertiary/aromatic N) is 1. The Morgan fingerprint density at radius 2 is 1.41 bits per heavy atom. The maximum Gasteiger partial charge on any atom is 0.534 e. The first kappa shape index (κ1) is 20.6. The largest absolute Gasteiger partial charge is 0.534 e. The summed E-state index contributed by atoms with van der Waals surface area (Å²) < 4.78 is 66.1. The minimum atomic E-state index is -6.00. The lowest BCUT2D eigenvalue weighted by molar-refractivity contribution is -0.0523. The highest BCUT2D eigenvalue weighted by Gasteiger charge is 2.49. The first-order chi connectivity index (χ1) is 13.5. The highest BCUT2D eigenvalue weighted by molar-refractivity contribution is 7.87. The second kappa shape index (κ2) is 7.36. The van der Waals surface area contributed by atoms with Crippen LogP contribution in [0.4, 0.5) is 13.2 Å². The van der Waals surface area contributed by atoms with Crippen molar-refractivity contribution in [3.63, 3.8) is 0 Å². The van der Waals surface area contributed by atoms with Crippen molar-refractivity contribution in [1.29, 1.82) is 0 Å². The van der Waals surface area contributed by atoms with Gasteiger partial charge in [0.1, 0.15) is 5.76 Å². The topological polar surface area (TPSA) is 80.8 Å². The number of alkyl halides is 3. The van der Waals surface area contributed by atoms with Crippen LogP contribution in [-0.4, -0.2) is 37.2 Å². The fourth-order valence-corrected chi connectivity index (χ4v) is 3.30. The quantitative estimate of drug-likeness (QED) is 0.317. The summed E-state index contributed by atoms with van der Waals surface area (Å²) in [4.78, 5) is 25.7. The van der Waals surface area contributed by atoms with Gasteiger partial charge >= 0.3 is 15.6 Å². The molecule has 0 saturated carbocycles. The Bertz CT molecular complexity index is 1070. The molecule has 3 rings (SSSR count). The van der Waals surface area contributed by atoms with E-state index in [-0.39, 0.29) is 16.7 Å². The highest BCUT2D eigenvalue weighted by Crippen LogP contribution is 2.31. The molecule has 0 saturated heterocycles. The van der Waals surface area contributed by atoms with Gasteiger partial charge in [-0.2, -0.15) is 21.6 Å². The number of fused-ring (bicyclic) bond motifs is 1. The summed E-state index contributed by atoms with van der Waals surface area (Å²) in [5.41, 5.74) is -5.11. The zero-order chi connectivity index (χ0) is 21.4. The first-order valence-electron chi connectivity index (χ1n) is 8.24. The smallest absolute Gasteiger partial charge is 0.378 e. The van der Waals surface area contributed by atoms with Crippen molar-refractivity contribution in [3.05, 3.63) is 77.0 Å². The van der Waals surface area contributed by atoms with E-state index in [4.69, 9.17) is 0 Å². The van der Waals surface area contributed by atoms with Gasteiger partial charge in [0, 0.05) is 0 Å². The van der Waals surface area contributed by atoms with Crippen LogP contribution in [0.2, 0.25) is 0 Å². The van der Waals surface area contributed by atoms with Gasteiger partial charge in [-0.05, 0) is 30.2 Å².